The largest absolute Gasteiger partial charge is 0.383 e. The predicted octanol–water partition coefficient (Wildman–Crippen LogP) is 3.76. The molecule has 1 fully saturated rings. The lowest BCUT2D eigenvalue weighted by molar-refractivity contribution is 0.0303. The molecule has 1 aromatic heterocycles. The van der Waals surface area contributed by atoms with E-state index in [-0.39, 0.29) is 11.8 Å². The molecule has 2 aliphatic heterocycles. The normalized spacial score (nSPS) is 20.9. The highest BCUT2D eigenvalue weighted by Crippen LogP contribution is 2.39. The number of pyridine rings is 1. The zero-order valence-corrected chi connectivity index (χ0v) is 17.6. The molecule has 0 spiro atoms. The molecule has 0 aliphatic carbocycles. The second-order valence-electron chi connectivity index (χ2n) is 7.70. The van der Waals surface area contributed by atoms with Crippen molar-refractivity contribution in [3.8, 4) is 11.1 Å². The number of ether oxygens (including phenoxy) is 1. The number of benzene rings is 1. The third-order valence-electron chi connectivity index (χ3n) is 5.52. The number of nitrogens with two attached hydrogens (primary N) is 1. The Bertz CT molecular complexity index is 1020. The van der Waals surface area contributed by atoms with Gasteiger partial charge in [-0.25, -0.2) is 4.98 Å². The van der Waals surface area contributed by atoms with E-state index in [1.54, 1.807) is 29.4 Å². The van der Waals surface area contributed by atoms with E-state index in [0.29, 0.717) is 42.7 Å². The molecule has 0 bridgehead atoms. The number of hydrogen-bond donors (Lipinski definition) is 1. The van der Waals surface area contributed by atoms with Crippen molar-refractivity contribution >= 4 is 29.5 Å². The zero-order valence-electron chi connectivity index (χ0n) is 16.9. The first-order chi connectivity index (χ1) is 14.4. The smallest absolute Gasteiger partial charge is 0.254 e. The number of amides is 1. The number of morpholine rings is 1. The van der Waals surface area contributed by atoms with Crippen molar-refractivity contribution in [3.63, 3.8) is 0 Å². The summed E-state index contributed by atoms with van der Waals surface area (Å²) in [5.41, 5.74) is 8.25. The van der Waals surface area contributed by atoms with Crippen molar-refractivity contribution in [2.24, 2.45) is 21.4 Å². The van der Waals surface area contributed by atoms with Gasteiger partial charge in [0, 0.05) is 41.0 Å². The molecule has 30 heavy (non-hydrogen) atoms. The van der Waals surface area contributed by atoms with E-state index in [9.17, 15) is 4.79 Å². The molecule has 1 amide bonds. The van der Waals surface area contributed by atoms with E-state index in [4.69, 9.17) is 22.1 Å². The Labute approximate surface area is 179 Å². The molecule has 0 radical (unpaired) electrons. The number of carbonyl (C=O) groups excluding carboxylic acids is 1. The number of rotatable bonds is 4. The highest BCUT2D eigenvalue weighted by molar-refractivity contribution is 6.31. The van der Waals surface area contributed by atoms with E-state index in [1.807, 2.05) is 26.0 Å². The summed E-state index contributed by atoms with van der Waals surface area (Å²) < 4.78 is 5.34. The third-order valence-corrected chi connectivity index (χ3v) is 5.74. The first-order valence-electron chi connectivity index (χ1n) is 9.81. The molecule has 2 aliphatic rings. The maximum absolute atomic E-state index is 12.9. The third kappa shape index (κ3) is 3.68. The molecule has 156 valence electrons. The van der Waals surface area contributed by atoms with Crippen LogP contribution < -0.4 is 5.73 Å². The van der Waals surface area contributed by atoms with Crippen LogP contribution in [-0.2, 0) is 10.3 Å². The van der Waals surface area contributed by atoms with E-state index in [0.717, 1.165) is 16.7 Å². The van der Waals surface area contributed by atoms with Gasteiger partial charge in [0.2, 0.25) is 0 Å². The fourth-order valence-corrected chi connectivity index (χ4v) is 3.96. The Kier molecular flexibility index (Phi) is 5.53. The summed E-state index contributed by atoms with van der Waals surface area (Å²) in [6, 6.07) is 7.24. The molecule has 1 saturated heterocycles. The first-order valence-corrected chi connectivity index (χ1v) is 10.2. The Balaban J connectivity index is 1.74. The van der Waals surface area contributed by atoms with E-state index >= 15 is 0 Å². The number of anilines is 1. The highest BCUT2D eigenvalue weighted by Gasteiger charge is 2.39. The number of nitrogens with zero attached hydrogens (tertiary/aromatic N) is 5. The Hall–Kier alpha value is -2.84. The van der Waals surface area contributed by atoms with Crippen molar-refractivity contribution in [2.45, 2.75) is 19.4 Å². The van der Waals surface area contributed by atoms with Crippen LogP contribution in [0.15, 0.2) is 45.9 Å². The van der Waals surface area contributed by atoms with Crippen molar-refractivity contribution < 1.29 is 9.53 Å². The van der Waals surface area contributed by atoms with Crippen LogP contribution in [-0.4, -0.2) is 48.3 Å². The zero-order chi connectivity index (χ0) is 21.3. The van der Waals surface area contributed by atoms with Gasteiger partial charge in [0.15, 0.2) is 5.54 Å². The Morgan fingerprint density at radius 1 is 1.20 bits per heavy atom. The van der Waals surface area contributed by atoms with Crippen molar-refractivity contribution in [2.75, 3.05) is 32.0 Å². The predicted molar refractivity (Wildman–Crippen MR) is 116 cm³/mol. The molecule has 3 heterocycles. The van der Waals surface area contributed by atoms with Gasteiger partial charge >= 0.3 is 0 Å². The minimum atomic E-state index is -0.766. The van der Waals surface area contributed by atoms with Gasteiger partial charge in [-0.05, 0) is 41.0 Å². The summed E-state index contributed by atoms with van der Waals surface area (Å²) in [7, 11) is 0. The lowest BCUT2D eigenvalue weighted by Gasteiger charge is -2.27. The summed E-state index contributed by atoms with van der Waals surface area (Å²) in [4.78, 5) is 19.1. The lowest BCUT2D eigenvalue weighted by atomic mass is 9.81. The highest BCUT2D eigenvalue weighted by atomic mass is 35.5. The lowest BCUT2D eigenvalue weighted by Crippen LogP contribution is -2.40. The molecule has 0 saturated carbocycles. The Morgan fingerprint density at radius 3 is 2.63 bits per heavy atom. The molecule has 2 aromatic rings. The molecular weight excluding hydrogens is 404 g/mol. The van der Waals surface area contributed by atoms with Crippen molar-refractivity contribution in [3.05, 3.63) is 46.6 Å². The van der Waals surface area contributed by atoms with E-state index in [2.05, 4.69) is 20.4 Å². The van der Waals surface area contributed by atoms with Crippen LogP contribution >= 0.6 is 11.6 Å². The quantitative estimate of drug-likeness (QED) is 0.803. The number of aromatic nitrogens is 1. The average Bonchev–Trinajstić information content (AvgIpc) is 3.25. The Morgan fingerprint density at radius 2 is 1.97 bits per heavy atom. The first kappa shape index (κ1) is 20.4. The summed E-state index contributed by atoms with van der Waals surface area (Å²) in [5, 5.41) is 12.6. The fraction of sp³-hybridized carbons (Fsp3) is 0.381. The molecular formula is C21H23ClN6O2. The molecule has 8 nitrogen and oxygen atoms in total. The topological polar surface area (TPSA) is 106 Å². The maximum Gasteiger partial charge on any atom is 0.254 e. The van der Waals surface area contributed by atoms with Crippen molar-refractivity contribution in [1.29, 1.82) is 0 Å². The standard InChI is InChI=1S/C21H23ClN6O2/c1-13(2)21(12-25-27-26-21)18-10-16(11-24-19(18)23)14-7-15(9-17(22)8-14)20(29)28-3-5-30-6-4-28/h7-13H,3-6H2,1-2H3,(H2,23,24). The molecule has 1 atom stereocenters. The van der Waals surface area contributed by atoms with Gasteiger partial charge in [0.25, 0.3) is 5.91 Å². The van der Waals surface area contributed by atoms with Crippen LogP contribution in [0.4, 0.5) is 5.82 Å². The number of carbonyl (C=O) groups is 1. The average molecular weight is 427 g/mol. The monoisotopic (exact) mass is 426 g/mol. The van der Waals surface area contributed by atoms with Crippen LogP contribution in [0.5, 0.6) is 0 Å². The molecule has 9 heteroatoms. The molecule has 4 rings (SSSR count). The molecule has 1 unspecified atom stereocenters. The number of nitrogen functional groups attached to an aromatic ring is 1. The second-order valence-corrected chi connectivity index (χ2v) is 8.14. The fourth-order valence-electron chi connectivity index (χ4n) is 3.72. The minimum absolute atomic E-state index is 0.0685. The van der Waals surface area contributed by atoms with Crippen LogP contribution in [0.1, 0.15) is 29.8 Å². The summed E-state index contributed by atoms with van der Waals surface area (Å²) in [6.07, 6.45) is 3.37. The molecule has 1 aromatic carbocycles. The summed E-state index contributed by atoms with van der Waals surface area (Å²) >= 11 is 6.36. The second kappa shape index (κ2) is 8.12. The van der Waals surface area contributed by atoms with Gasteiger partial charge in [-0.2, -0.15) is 5.11 Å². The van der Waals surface area contributed by atoms with Crippen LogP contribution in [0.25, 0.3) is 11.1 Å². The van der Waals surface area contributed by atoms with Crippen LogP contribution in [0.3, 0.4) is 0 Å². The maximum atomic E-state index is 12.9. The van der Waals surface area contributed by atoms with Crippen LogP contribution in [0.2, 0.25) is 5.02 Å². The van der Waals surface area contributed by atoms with Gasteiger partial charge < -0.3 is 15.4 Å². The summed E-state index contributed by atoms with van der Waals surface area (Å²) in [5.74, 6) is 0.372. The number of halogens is 1. The van der Waals surface area contributed by atoms with Gasteiger partial charge in [-0.3, -0.25) is 4.79 Å². The minimum Gasteiger partial charge on any atom is -0.383 e. The van der Waals surface area contributed by atoms with E-state index in [1.165, 1.54) is 0 Å². The SMILES string of the molecule is CC(C)C1(c2cc(-c3cc(Cl)cc(C(=O)N4CCOCC4)c3)cnc2N)C=NN=N1. The van der Waals surface area contributed by atoms with Gasteiger partial charge in [-0.1, -0.05) is 25.4 Å². The van der Waals surface area contributed by atoms with Crippen LogP contribution in [0, 0.1) is 5.92 Å². The van der Waals surface area contributed by atoms with Gasteiger partial charge in [-0.15, -0.1) is 5.10 Å². The van der Waals surface area contributed by atoms with Crippen molar-refractivity contribution in [1.82, 2.24) is 9.88 Å². The summed E-state index contributed by atoms with van der Waals surface area (Å²) in [6.45, 7) is 6.27. The number of hydrogen-bond acceptors (Lipinski definition) is 7. The van der Waals surface area contributed by atoms with Gasteiger partial charge in [0.1, 0.15) is 5.82 Å². The van der Waals surface area contributed by atoms with Gasteiger partial charge in [0.05, 0.1) is 19.4 Å². The molecule has 2 N–H and O–H groups in total. The van der Waals surface area contributed by atoms with E-state index < -0.39 is 5.54 Å².